The van der Waals surface area contributed by atoms with E-state index >= 15 is 0 Å². The Morgan fingerprint density at radius 2 is 1.79 bits per heavy atom. The predicted molar refractivity (Wildman–Crippen MR) is 128 cm³/mol. The van der Waals surface area contributed by atoms with Gasteiger partial charge in [0, 0.05) is 35.6 Å². The molecule has 0 atom stereocenters. The predicted octanol–water partition coefficient (Wildman–Crippen LogP) is 5.07. The number of hydrogen-bond donors (Lipinski definition) is 1. The van der Waals surface area contributed by atoms with E-state index in [4.69, 9.17) is 9.47 Å². The molecule has 1 N–H and O–H groups in total. The van der Waals surface area contributed by atoms with E-state index in [1.54, 1.807) is 13.0 Å². The molecule has 0 radical (unpaired) electrons. The van der Waals surface area contributed by atoms with E-state index in [1.807, 2.05) is 26.0 Å². The second kappa shape index (κ2) is 8.67. The fraction of sp³-hybridized carbons (Fsp3) is 0.269. The molecular formula is C26H26N4O3. The quantitative estimate of drug-likeness (QED) is 0.435. The first-order valence-electron chi connectivity index (χ1n) is 11.1. The Balaban J connectivity index is 1.41. The zero-order chi connectivity index (χ0) is 22.9. The number of anilines is 1. The smallest absolute Gasteiger partial charge is 0.301 e. The molecule has 168 valence electrons. The van der Waals surface area contributed by atoms with Crippen molar-refractivity contribution in [3.63, 3.8) is 0 Å². The van der Waals surface area contributed by atoms with Crippen molar-refractivity contribution in [2.24, 2.45) is 0 Å². The second-order valence-corrected chi connectivity index (χ2v) is 8.32. The minimum atomic E-state index is 0.00382. The lowest BCUT2D eigenvalue weighted by atomic mass is 10.0. The Bertz CT molecular complexity index is 1320. The Kier molecular flexibility index (Phi) is 5.56. The van der Waals surface area contributed by atoms with Gasteiger partial charge in [0.1, 0.15) is 5.75 Å². The van der Waals surface area contributed by atoms with Crippen LogP contribution < -0.4 is 9.64 Å². The zero-order valence-corrected chi connectivity index (χ0v) is 19.0. The van der Waals surface area contributed by atoms with Crippen molar-refractivity contribution in [3.8, 4) is 22.9 Å². The molecule has 3 heterocycles. The second-order valence-electron chi connectivity index (χ2n) is 8.32. The van der Waals surface area contributed by atoms with Gasteiger partial charge in [0.2, 0.25) is 0 Å². The number of benzene rings is 2. The molecule has 1 fully saturated rings. The molecule has 33 heavy (non-hydrogen) atoms. The standard InChI is InChI=1S/C26H26N4O3/c1-16-4-9-21(14-22(16)18(3)31)33-26-28-24-15-23(17(2)27-25(24)29-26)19-5-7-20(8-6-19)30-10-12-32-13-11-30/h4-9,14-15H,10-13H2,1-3H3,(H,27,28,29). The number of nitrogens with zero attached hydrogens (tertiary/aromatic N) is 3. The molecule has 2 aromatic carbocycles. The van der Waals surface area contributed by atoms with Crippen LogP contribution in [0.3, 0.4) is 0 Å². The monoisotopic (exact) mass is 442 g/mol. The summed E-state index contributed by atoms with van der Waals surface area (Å²) in [5, 5.41) is 0. The summed E-state index contributed by atoms with van der Waals surface area (Å²) < 4.78 is 11.4. The highest BCUT2D eigenvalue weighted by molar-refractivity contribution is 5.95. The number of fused-ring (bicyclic) bond motifs is 1. The third-order valence-electron chi connectivity index (χ3n) is 6.00. The Labute approximate surface area is 192 Å². The van der Waals surface area contributed by atoms with E-state index < -0.39 is 0 Å². The molecule has 0 unspecified atom stereocenters. The van der Waals surface area contributed by atoms with Gasteiger partial charge in [-0.05, 0) is 62.2 Å². The van der Waals surface area contributed by atoms with E-state index in [2.05, 4.69) is 50.2 Å². The van der Waals surface area contributed by atoms with Crippen LogP contribution in [0.25, 0.3) is 22.3 Å². The lowest BCUT2D eigenvalue weighted by Gasteiger charge is -2.29. The lowest BCUT2D eigenvalue weighted by molar-refractivity contribution is 0.101. The maximum absolute atomic E-state index is 11.8. The van der Waals surface area contributed by atoms with E-state index in [9.17, 15) is 4.79 Å². The highest BCUT2D eigenvalue weighted by Gasteiger charge is 2.14. The third kappa shape index (κ3) is 4.32. The molecular weight excluding hydrogens is 416 g/mol. The van der Waals surface area contributed by atoms with Crippen LogP contribution in [0.15, 0.2) is 48.5 Å². The van der Waals surface area contributed by atoms with Crippen molar-refractivity contribution < 1.29 is 14.3 Å². The van der Waals surface area contributed by atoms with Crippen molar-refractivity contribution >= 4 is 22.6 Å². The number of hydrogen-bond acceptors (Lipinski definition) is 6. The first-order chi connectivity index (χ1) is 16.0. The highest BCUT2D eigenvalue weighted by atomic mass is 16.5. The van der Waals surface area contributed by atoms with Gasteiger partial charge in [0.25, 0.3) is 0 Å². The number of aryl methyl sites for hydroxylation is 2. The summed E-state index contributed by atoms with van der Waals surface area (Å²) in [7, 11) is 0. The number of Topliss-reactive ketones (excluding diaryl/α,β-unsaturated/α-hetero) is 1. The minimum absolute atomic E-state index is 0.00382. The Morgan fingerprint density at radius 1 is 1.03 bits per heavy atom. The van der Waals surface area contributed by atoms with Crippen LogP contribution in [-0.4, -0.2) is 47.0 Å². The average molecular weight is 443 g/mol. The number of ether oxygens (including phenoxy) is 2. The number of carbonyl (C=O) groups excluding carboxylic acids is 1. The molecule has 4 aromatic rings. The number of imidazole rings is 1. The van der Waals surface area contributed by atoms with Crippen LogP contribution in [0.1, 0.15) is 28.5 Å². The summed E-state index contributed by atoms with van der Waals surface area (Å²) in [5.74, 6) is 0.560. The van der Waals surface area contributed by atoms with Crippen LogP contribution >= 0.6 is 0 Å². The Hall–Kier alpha value is -3.71. The number of ketones is 1. The van der Waals surface area contributed by atoms with Crippen molar-refractivity contribution in [2.75, 3.05) is 31.2 Å². The number of aromatic nitrogens is 3. The fourth-order valence-electron chi connectivity index (χ4n) is 4.18. The molecule has 5 rings (SSSR count). The van der Waals surface area contributed by atoms with Crippen molar-refractivity contribution in [2.45, 2.75) is 20.8 Å². The number of nitrogens with one attached hydrogen (secondary N) is 1. The number of carbonyl (C=O) groups is 1. The minimum Gasteiger partial charge on any atom is -0.426 e. The normalized spacial score (nSPS) is 14.0. The van der Waals surface area contributed by atoms with E-state index in [0.717, 1.165) is 54.2 Å². The van der Waals surface area contributed by atoms with Crippen LogP contribution in [0.4, 0.5) is 5.69 Å². The van der Waals surface area contributed by atoms with Gasteiger partial charge in [-0.3, -0.25) is 4.79 Å². The average Bonchev–Trinajstić information content (AvgIpc) is 3.21. The largest absolute Gasteiger partial charge is 0.426 e. The summed E-state index contributed by atoms with van der Waals surface area (Å²) in [6.07, 6.45) is 0. The van der Waals surface area contributed by atoms with Gasteiger partial charge in [-0.25, -0.2) is 4.98 Å². The van der Waals surface area contributed by atoms with Gasteiger partial charge < -0.3 is 19.4 Å². The summed E-state index contributed by atoms with van der Waals surface area (Å²) in [4.78, 5) is 26.5. The summed E-state index contributed by atoms with van der Waals surface area (Å²) >= 11 is 0. The molecule has 0 spiro atoms. The number of aromatic amines is 1. The molecule has 2 aromatic heterocycles. The number of pyridine rings is 1. The molecule has 0 saturated carbocycles. The molecule has 1 aliphatic rings. The molecule has 1 saturated heterocycles. The molecule has 0 bridgehead atoms. The molecule has 7 nitrogen and oxygen atoms in total. The van der Waals surface area contributed by atoms with Crippen LogP contribution in [0.5, 0.6) is 11.8 Å². The first kappa shape index (κ1) is 21.2. The first-order valence-corrected chi connectivity index (χ1v) is 11.1. The number of rotatable bonds is 5. The summed E-state index contributed by atoms with van der Waals surface area (Å²) in [6, 6.07) is 16.4. The highest BCUT2D eigenvalue weighted by Crippen LogP contribution is 2.30. The number of H-pyrrole nitrogens is 1. The molecule has 1 aliphatic heterocycles. The van der Waals surface area contributed by atoms with Gasteiger partial charge in [-0.1, -0.05) is 18.2 Å². The van der Waals surface area contributed by atoms with Crippen molar-refractivity contribution in [1.29, 1.82) is 0 Å². The lowest BCUT2D eigenvalue weighted by Crippen LogP contribution is -2.36. The van der Waals surface area contributed by atoms with Crippen molar-refractivity contribution in [1.82, 2.24) is 15.0 Å². The van der Waals surface area contributed by atoms with Gasteiger partial charge in [-0.2, -0.15) is 4.98 Å². The Morgan fingerprint density at radius 3 is 2.52 bits per heavy atom. The van der Waals surface area contributed by atoms with Crippen LogP contribution in [0, 0.1) is 13.8 Å². The SMILES string of the molecule is CC(=O)c1cc(Oc2nc3nc(C)c(-c4ccc(N5CCOCC5)cc4)cc3[nH]2)ccc1C. The van der Waals surface area contributed by atoms with Gasteiger partial charge in [0.15, 0.2) is 11.4 Å². The third-order valence-corrected chi connectivity index (χ3v) is 6.00. The maximum atomic E-state index is 11.8. The maximum Gasteiger partial charge on any atom is 0.301 e. The van der Waals surface area contributed by atoms with Gasteiger partial charge in [0.05, 0.1) is 18.7 Å². The van der Waals surface area contributed by atoms with Crippen LogP contribution in [-0.2, 0) is 4.74 Å². The van der Waals surface area contributed by atoms with Gasteiger partial charge in [-0.15, -0.1) is 0 Å². The van der Waals surface area contributed by atoms with Crippen molar-refractivity contribution in [3.05, 3.63) is 65.4 Å². The molecule has 7 heteroatoms. The van der Waals surface area contributed by atoms with E-state index in [1.165, 1.54) is 5.69 Å². The fourth-order valence-corrected chi connectivity index (χ4v) is 4.18. The molecule has 0 aliphatic carbocycles. The summed E-state index contributed by atoms with van der Waals surface area (Å²) in [5.41, 5.74) is 7.18. The van der Waals surface area contributed by atoms with Crippen LogP contribution in [0.2, 0.25) is 0 Å². The van der Waals surface area contributed by atoms with E-state index in [-0.39, 0.29) is 5.78 Å². The summed E-state index contributed by atoms with van der Waals surface area (Å²) in [6.45, 7) is 8.81. The number of morpholine rings is 1. The van der Waals surface area contributed by atoms with Gasteiger partial charge >= 0.3 is 6.01 Å². The van der Waals surface area contributed by atoms with E-state index in [0.29, 0.717) is 23.0 Å². The molecule has 0 amide bonds. The zero-order valence-electron chi connectivity index (χ0n) is 19.0. The topological polar surface area (TPSA) is 80.3 Å².